The number of aldehydes is 1. The van der Waals surface area contributed by atoms with Crippen molar-refractivity contribution in [3.05, 3.63) is 23.3 Å². The van der Waals surface area contributed by atoms with Gasteiger partial charge in [0.1, 0.15) is 6.29 Å². The maximum absolute atomic E-state index is 10.0. The molecule has 0 aliphatic rings. The summed E-state index contributed by atoms with van der Waals surface area (Å²) >= 11 is 0. The van der Waals surface area contributed by atoms with Crippen molar-refractivity contribution in [3.63, 3.8) is 0 Å². The van der Waals surface area contributed by atoms with Crippen molar-refractivity contribution in [2.24, 2.45) is 0 Å². The summed E-state index contributed by atoms with van der Waals surface area (Å²) in [4.78, 5) is 10.0. The van der Waals surface area contributed by atoms with Crippen molar-refractivity contribution in [2.75, 3.05) is 0 Å². The molecule has 1 nitrogen and oxygen atoms in total. The molecule has 0 aromatic rings. The molecule has 0 fully saturated rings. The minimum Gasteiger partial charge on any atom is -0.299 e. The van der Waals surface area contributed by atoms with Gasteiger partial charge < -0.3 is 0 Å². The molecule has 0 aromatic carbocycles. The Bertz CT molecular complexity index is 175. The third-order valence-corrected chi connectivity index (χ3v) is 1.76. The van der Waals surface area contributed by atoms with E-state index < -0.39 is 0 Å². The summed E-state index contributed by atoms with van der Waals surface area (Å²) in [5.41, 5.74) is 2.53. The van der Waals surface area contributed by atoms with Crippen LogP contribution in [0.4, 0.5) is 0 Å². The van der Waals surface area contributed by atoms with E-state index in [-0.39, 0.29) is 0 Å². The Morgan fingerprint density at radius 1 is 1.18 bits per heavy atom. The number of hydrogen-bond donors (Lipinski definition) is 0. The highest BCUT2D eigenvalue weighted by Gasteiger charge is 1.90. The fraction of sp³-hybridized carbons (Fsp3) is 0.500. The van der Waals surface area contributed by atoms with E-state index in [0.29, 0.717) is 0 Å². The van der Waals surface area contributed by atoms with Crippen molar-refractivity contribution < 1.29 is 4.79 Å². The number of allylic oxidation sites excluding steroid dienone is 4. The molecule has 0 heterocycles. The molecule has 11 heavy (non-hydrogen) atoms. The smallest absolute Gasteiger partial charge is 0.142 e. The van der Waals surface area contributed by atoms with E-state index in [1.54, 1.807) is 6.08 Å². The molecule has 0 aromatic heterocycles. The lowest BCUT2D eigenvalue weighted by Crippen LogP contribution is -1.80. The molecule has 1 heteroatoms. The predicted molar refractivity (Wildman–Crippen MR) is 48.5 cm³/mol. The first-order valence-electron chi connectivity index (χ1n) is 3.93. The van der Waals surface area contributed by atoms with Gasteiger partial charge in [-0.2, -0.15) is 0 Å². The average molecular weight is 152 g/mol. The largest absolute Gasteiger partial charge is 0.299 e. The van der Waals surface area contributed by atoms with Gasteiger partial charge in [0, 0.05) is 0 Å². The zero-order valence-electron chi connectivity index (χ0n) is 7.55. The fourth-order valence-corrected chi connectivity index (χ4v) is 0.738. The Hall–Kier alpha value is -0.850. The van der Waals surface area contributed by atoms with Gasteiger partial charge in [-0.1, -0.05) is 17.2 Å². The second-order valence-corrected chi connectivity index (χ2v) is 2.78. The Balaban J connectivity index is 3.70. The van der Waals surface area contributed by atoms with Crippen LogP contribution < -0.4 is 0 Å². The van der Waals surface area contributed by atoms with Gasteiger partial charge in [-0.15, -0.1) is 0 Å². The van der Waals surface area contributed by atoms with Crippen LogP contribution in [-0.2, 0) is 4.79 Å². The minimum absolute atomic E-state index is 0.848. The van der Waals surface area contributed by atoms with E-state index in [4.69, 9.17) is 0 Å². The molecule has 0 saturated carbocycles. The predicted octanol–water partition coefficient (Wildman–Crippen LogP) is 2.88. The van der Waals surface area contributed by atoms with Crippen molar-refractivity contribution in [3.8, 4) is 0 Å². The van der Waals surface area contributed by atoms with Crippen LogP contribution in [0.25, 0.3) is 0 Å². The molecular formula is C10H16O. The SMILES string of the molecule is C/C=C(/C)CC/C(C)=C/C=O. The van der Waals surface area contributed by atoms with E-state index in [0.717, 1.165) is 24.7 Å². The van der Waals surface area contributed by atoms with Crippen LogP contribution in [0.2, 0.25) is 0 Å². The quantitative estimate of drug-likeness (QED) is 0.344. The second kappa shape index (κ2) is 5.90. The summed E-state index contributed by atoms with van der Waals surface area (Å²) in [6.45, 7) is 6.12. The summed E-state index contributed by atoms with van der Waals surface area (Å²) in [5, 5.41) is 0. The molecule has 0 unspecified atom stereocenters. The lowest BCUT2D eigenvalue weighted by Gasteiger charge is -1.99. The van der Waals surface area contributed by atoms with Crippen LogP contribution >= 0.6 is 0 Å². The number of hydrogen-bond acceptors (Lipinski definition) is 1. The molecule has 0 N–H and O–H groups in total. The molecule has 0 radical (unpaired) electrons. The van der Waals surface area contributed by atoms with Gasteiger partial charge in [-0.3, -0.25) is 4.79 Å². The first kappa shape index (κ1) is 10.2. The summed E-state index contributed by atoms with van der Waals surface area (Å²) in [5.74, 6) is 0. The molecular weight excluding hydrogens is 136 g/mol. The van der Waals surface area contributed by atoms with Crippen LogP contribution in [0.3, 0.4) is 0 Å². The molecule has 0 spiro atoms. The van der Waals surface area contributed by atoms with Crippen LogP contribution in [-0.4, -0.2) is 6.29 Å². The van der Waals surface area contributed by atoms with Gasteiger partial charge in [0.05, 0.1) is 0 Å². The van der Waals surface area contributed by atoms with Crippen molar-refractivity contribution in [1.82, 2.24) is 0 Å². The third kappa shape index (κ3) is 5.59. The van der Waals surface area contributed by atoms with Gasteiger partial charge in [0.25, 0.3) is 0 Å². The van der Waals surface area contributed by atoms with E-state index in [1.165, 1.54) is 5.57 Å². The molecule has 0 atom stereocenters. The zero-order valence-corrected chi connectivity index (χ0v) is 7.55. The van der Waals surface area contributed by atoms with Gasteiger partial charge in [-0.25, -0.2) is 0 Å². The normalized spacial score (nSPS) is 13.4. The number of carbonyl (C=O) groups excluding carboxylic acids is 1. The third-order valence-electron chi connectivity index (χ3n) is 1.76. The number of carbonyl (C=O) groups is 1. The lowest BCUT2D eigenvalue weighted by atomic mass is 10.1. The van der Waals surface area contributed by atoms with Crippen LogP contribution in [0.15, 0.2) is 23.3 Å². The Morgan fingerprint density at radius 3 is 2.18 bits per heavy atom. The van der Waals surface area contributed by atoms with Crippen molar-refractivity contribution >= 4 is 6.29 Å². The lowest BCUT2D eigenvalue weighted by molar-refractivity contribution is -0.104. The highest BCUT2D eigenvalue weighted by atomic mass is 16.1. The minimum atomic E-state index is 0.848. The standard InChI is InChI=1S/C10H16O/c1-4-9(2)5-6-10(3)7-8-11/h4,7-8H,5-6H2,1-3H3/b9-4-,10-7+. The molecule has 62 valence electrons. The monoisotopic (exact) mass is 152 g/mol. The second-order valence-electron chi connectivity index (χ2n) is 2.78. The zero-order chi connectivity index (χ0) is 8.69. The summed E-state index contributed by atoms with van der Waals surface area (Å²) in [7, 11) is 0. The van der Waals surface area contributed by atoms with Crippen molar-refractivity contribution in [1.29, 1.82) is 0 Å². The maximum atomic E-state index is 10.0. The van der Waals surface area contributed by atoms with E-state index in [9.17, 15) is 4.79 Å². The van der Waals surface area contributed by atoms with Gasteiger partial charge in [-0.05, 0) is 39.7 Å². The Labute approximate surface area is 68.8 Å². The number of rotatable bonds is 4. The average Bonchev–Trinajstić information content (AvgIpc) is 2.01. The summed E-state index contributed by atoms with van der Waals surface area (Å²) in [6, 6.07) is 0. The fourth-order valence-electron chi connectivity index (χ4n) is 0.738. The van der Waals surface area contributed by atoms with E-state index in [1.807, 2.05) is 13.8 Å². The van der Waals surface area contributed by atoms with Crippen molar-refractivity contribution in [2.45, 2.75) is 33.6 Å². The molecule has 0 amide bonds. The van der Waals surface area contributed by atoms with Gasteiger partial charge >= 0.3 is 0 Å². The first-order valence-corrected chi connectivity index (χ1v) is 3.93. The summed E-state index contributed by atoms with van der Waals surface area (Å²) in [6.07, 6.45) is 6.64. The molecule has 0 aliphatic carbocycles. The molecule has 0 aliphatic heterocycles. The maximum Gasteiger partial charge on any atom is 0.142 e. The topological polar surface area (TPSA) is 17.1 Å². The molecule has 0 bridgehead atoms. The molecule has 0 saturated heterocycles. The highest BCUT2D eigenvalue weighted by molar-refractivity contribution is 5.65. The van der Waals surface area contributed by atoms with E-state index >= 15 is 0 Å². The van der Waals surface area contributed by atoms with E-state index in [2.05, 4.69) is 13.0 Å². The molecule has 0 rings (SSSR count). The van der Waals surface area contributed by atoms with Crippen LogP contribution in [0, 0.1) is 0 Å². The highest BCUT2D eigenvalue weighted by Crippen LogP contribution is 2.09. The summed E-state index contributed by atoms with van der Waals surface area (Å²) < 4.78 is 0. The van der Waals surface area contributed by atoms with Gasteiger partial charge in [0.2, 0.25) is 0 Å². The first-order chi connectivity index (χ1) is 5.20. The Kier molecular flexibility index (Phi) is 5.44. The van der Waals surface area contributed by atoms with Crippen LogP contribution in [0.5, 0.6) is 0 Å². The Morgan fingerprint density at radius 2 is 1.73 bits per heavy atom. The van der Waals surface area contributed by atoms with Gasteiger partial charge in [0.15, 0.2) is 0 Å². The van der Waals surface area contributed by atoms with Crippen LogP contribution in [0.1, 0.15) is 33.6 Å².